The molecule has 5 heterocycles. The van der Waals surface area contributed by atoms with E-state index in [0.717, 1.165) is 16.5 Å². The van der Waals surface area contributed by atoms with Crippen molar-refractivity contribution in [2.75, 3.05) is 0 Å². The van der Waals surface area contributed by atoms with E-state index in [1.54, 1.807) is 42.6 Å². The maximum Gasteiger partial charge on any atom is 0.249 e. The molecular formula is C40H40N6O7. The number of carbonyl (C=O) groups excluding carboxylic acids is 2. The van der Waals surface area contributed by atoms with Crippen LogP contribution < -0.4 is 21.1 Å². The molecule has 6 aromatic rings. The van der Waals surface area contributed by atoms with Gasteiger partial charge in [0.1, 0.15) is 29.0 Å². The summed E-state index contributed by atoms with van der Waals surface area (Å²) in [6.45, 7) is 7.45. The maximum atomic E-state index is 14.1. The molecule has 7 N–H and O–H groups in total. The minimum Gasteiger partial charge on any atom is -0.508 e. The van der Waals surface area contributed by atoms with E-state index in [9.17, 15) is 19.8 Å². The van der Waals surface area contributed by atoms with Crippen molar-refractivity contribution in [2.45, 2.75) is 63.9 Å². The molecule has 2 aliphatic heterocycles. The van der Waals surface area contributed by atoms with Crippen molar-refractivity contribution in [1.29, 1.82) is 0 Å². The molecule has 53 heavy (non-hydrogen) atoms. The van der Waals surface area contributed by atoms with E-state index in [4.69, 9.17) is 24.3 Å². The lowest BCUT2D eigenvalue weighted by atomic mass is 9.71. The van der Waals surface area contributed by atoms with Gasteiger partial charge in [-0.3, -0.25) is 9.59 Å². The Morgan fingerprint density at radius 3 is 2.60 bits per heavy atom. The van der Waals surface area contributed by atoms with Crippen LogP contribution >= 0.6 is 0 Å². The van der Waals surface area contributed by atoms with E-state index in [2.05, 4.69) is 20.6 Å². The predicted octanol–water partition coefficient (Wildman–Crippen LogP) is 5.07. The number of hydrogen-bond acceptors (Lipinski definition) is 10. The van der Waals surface area contributed by atoms with Gasteiger partial charge in [-0.25, -0.2) is 9.97 Å². The summed E-state index contributed by atoms with van der Waals surface area (Å²) >= 11 is 0. The number of benzene rings is 3. The Balaban J connectivity index is 1.37. The van der Waals surface area contributed by atoms with Gasteiger partial charge in [-0.05, 0) is 35.6 Å². The number of aromatic hydroxyl groups is 1. The van der Waals surface area contributed by atoms with E-state index in [-0.39, 0.29) is 52.8 Å². The van der Waals surface area contributed by atoms with Gasteiger partial charge in [0.15, 0.2) is 17.2 Å². The van der Waals surface area contributed by atoms with Crippen LogP contribution in [0.1, 0.15) is 62.1 Å². The van der Waals surface area contributed by atoms with Crippen LogP contribution in [0.3, 0.4) is 0 Å². The van der Waals surface area contributed by atoms with Crippen LogP contribution in [-0.2, 0) is 21.4 Å². The number of aliphatic hydroxyl groups excluding tert-OH is 1. The zero-order valence-electron chi connectivity index (χ0n) is 29.6. The molecule has 272 valence electrons. The summed E-state index contributed by atoms with van der Waals surface area (Å²) in [6.07, 6.45) is 1.86. The highest BCUT2D eigenvalue weighted by molar-refractivity contribution is 5.94. The van der Waals surface area contributed by atoms with Crippen molar-refractivity contribution in [3.8, 4) is 34.4 Å². The monoisotopic (exact) mass is 716 g/mol. The van der Waals surface area contributed by atoms with E-state index in [1.165, 1.54) is 6.07 Å². The first kappa shape index (κ1) is 34.2. The molecule has 5 atom stereocenters. The number of oxazole rings is 2. The summed E-state index contributed by atoms with van der Waals surface area (Å²) in [6, 6.07) is 17.0. The highest BCUT2D eigenvalue weighted by atomic mass is 16.6. The van der Waals surface area contributed by atoms with Crippen LogP contribution in [0.4, 0.5) is 0 Å². The van der Waals surface area contributed by atoms with Crippen LogP contribution in [-0.4, -0.2) is 55.4 Å². The average molecular weight is 717 g/mol. The number of nitrogens with zero attached hydrogens (tertiary/aromatic N) is 2. The lowest BCUT2D eigenvalue weighted by Gasteiger charge is -2.32. The molecule has 0 aliphatic carbocycles. The van der Waals surface area contributed by atoms with Crippen molar-refractivity contribution >= 4 is 22.7 Å². The number of hydrogen-bond donors (Lipinski definition) is 6. The number of aromatic nitrogens is 3. The third-order valence-corrected chi connectivity index (χ3v) is 10.3. The van der Waals surface area contributed by atoms with Gasteiger partial charge in [0.25, 0.3) is 0 Å². The van der Waals surface area contributed by atoms with Crippen molar-refractivity contribution in [1.82, 2.24) is 25.6 Å². The lowest BCUT2D eigenvalue weighted by molar-refractivity contribution is -0.130. The zero-order chi connectivity index (χ0) is 37.2. The van der Waals surface area contributed by atoms with E-state index in [1.807, 2.05) is 58.2 Å². The van der Waals surface area contributed by atoms with Crippen LogP contribution in [0, 0.1) is 11.8 Å². The fourth-order valence-electron chi connectivity index (χ4n) is 7.35. The number of nitrogens with one attached hydrogen (secondary N) is 3. The van der Waals surface area contributed by atoms with Crippen molar-refractivity contribution in [3.63, 3.8) is 0 Å². The summed E-state index contributed by atoms with van der Waals surface area (Å²) in [5.74, 6) is -0.464. The van der Waals surface area contributed by atoms with Crippen LogP contribution in [0.2, 0.25) is 0 Å². The first-order valence-electron chi connectivity index (χ1n) is 17.6. The van der Waals surface area contributed by atoms with Crippen molar-refractivity contribution < 1.29 is 33.4 Å². The summed E-state index contributed by atoms with van der Waals surface area (Å²) in [7, 11) is 0. The molecule has 0 saturated heterocycles. The van der Waals surface area contributed by atoms with Gasteiger partial charge < -0.3 is 45.1 Å². The van der Waals surface area contributed by atoms with Gasteiger partial charge >= 0.3 is 0 Å². The average Bonchev–Trinajstić information content (AvgIpc) is 3.94. The summed E-state index contributed by atoms with van der Waals surface area (Å²) in [4.78, 5) is 40.3. The zero-order valence-corrected chi connectivity index (χ0v) is 29.6. The number of amides is 2. The van der Waals surface area contributed by atoms with Gasteiger partial charge in [-0.1, -0.05) is 76.2 Å². The Hall–Kier alpha value is -5.92. The molecule has 2 amide bonds. The fraction of sp³-hybridized carbons (Fsp3) is 0.300. The van der Waals surface area contributed by atoms with Gasteiger partial charge in [-0.15, -0.1) is 0 Å². The molecule has 13 nitrogen and oxygen atoms in total. The molecule has 0 saturated carbocycles. The number of ether oxygens (including phenoxy) is 1. The third-order valence-electron chi connectivity index (χ3n) is 10.3. The van der Waals surface area contributed by atoms with Gasteiger partial charge in [0.05, 0.1) is 12.2 Å². The quantitative estimate of drug-likeness (QED) is 0.135. The standard InChI is InChI=1S/C40H40N6O7/c1-19(2)31(41)36(49)44-27-16-21-13-14-28(47)25(15-21)40(24-10-6-8-12-29(24)52-39(40)50)34-33(46-38(53-34)32(20(3)4)45-35(27)48)37-43-18-30(51-37)23-17-42-26-11-7-5-9-22(23)26/h5-15,17-20,27,31-32,39,42,47,50H,16,41H2,1-4H3,(H,44,49)(H,45,48)/t27-,31?,32-,39?,40?/m0/s1. The number of carbonyl (C=O) groups is 2. The van der Waals surface area contributed by atoms with Crippen LogP contribution in [0.15, 0.2) is 88.0 Å². The molecule has 3 aromatic carbocycles. The van der Waals surface area contributed by atoms with Crippen molar-refractivity contribution in [3.05, 3.63) is 107 Å². The largest absolute Gasteiger partial charge is 0.508 e. The second kappa shape index (κ2) is 12.9. The number of nitrogens with two attached hydrogens (primary N) is 1. The number of phenols is 1. The predicted molar refractivity (Wildman–Crippen MR) is 195 cm³/mol. The minimum absolute atomic E-state index is 0.0438. The smallest absolute Gasteiger partial charge is 0.249 e. The molecule has 2 aliphatic rings. The molecule has 4 bridgehead atoms. The first-order valence-corrected chi connectivity index (χ1v) is 17.6. The summed E-state index contributed by atoms with van der Waals surface area (Å²) in [5, 5.41) is 30.7. The Labute approximate surface area is 304 Å². The Bertz CT molecular complexity index is 2360. The SMILES string of the molecule is CC(C)C(N)C(=O)N[C@H]1Cc2ccc(O)c(c2)C2(c3ccccc3OC2O)c2oc(nc2-c2ncc(-c3c[nH]c4ccccc34)o2)[C@H](C(C)C)NC1=O. The van der Waals surface area contributed by atoms with Crippen LogP contribution in [0.5, 0.6) is 11.5 Å². The van der Waals surface area contributed by atoms with E-state index >= 15 is 0 Å². The number of phenolic OH excluding ortho intramolecular Hbond substituents is 1. The molecule has 0 radical (unpaired) electrons. The number of para-hydroxylation sites is 2. The molecule has 3 unspecified atom stereocenters. The number of H-pyrrole nitrogens is 1. The maximum absolute atomic E-state index is 14.1. The molecular weight excluding hydrogens is 676 g/mol. The van der Waals surface area contributed by atoms with Crippen molar-refractivity contribution in [2.24, 2.45) is 17.6 Å². The molecule has 13 heteroatoms. The van der Waals surface area contributed by atoms with Gasteiger partial charge in [-0.2, -0.15) is 0 Å². The molecule has 1 spiro atoms. The number of aliphatic hydroxyl groups is 1. The lowest BCUT2D eigenvalue weighted by Crippen LogP contribution is -2.54. The highest BCUT2D eigenvalue weighted by Gasteiger charge is 2.58. The number of aromatic amines is 1. The Morgan fingerprint density at radius 2 is 1.81 bits per heavy atom. The second-order valence-corrected chi connectivity index (χ2v) is 14.4. The fourth-order valence-corrected chi connectivity index (χ4v) is 7.35. The number of rotatable bonds is 6. The van der Waals surface area contributed by atoms with Gasteiger partial charge in [0, 0.05) is 40.2 Å². The second-order valence-electron chi connectivity index (χ2n) is 14.4. The Kier molecular flexibility index (Phi) is 8.34. The Morgan fingerprint density at radius 1 is 1.04 bits per heavy atom. The van der Waals surface area contributed by atoms with E-state index < -0.39 is 41.6 Å². The minimum atomic E-state index is -1.70. The first-order chi connectivity index (χ1) is 25.5. The van der Waals surface area contributed by atoms with Gasteiger partial charge in [0.2, 0.25) is 29.9 Å². The summed E-state index contributed by atoms with van der Waals surface area (Å²) < 4.78 is 19.3. The molecule has 8 rings (SSSR count). The number of fused-ring (bicyclic) bond motifs is 9. The van der Waals surface area contributed by atoms with E-state index in [0.29, 0.717) is 22.6 Å². The molecule has 3 aromatic heterocycles. The third kappa shape index (κ3) is 5.54. The normalized spacial score (nSPS) is 21.6. The molecule has 0 fully saturated rings. The topological polar surface area (TPSA) is 202 Å². The highest BCUT2D eigenvalue weighted by Crippen LogP contribution is 2.56. The van der Waals surface area contributed by atoms with Crippen LogP contribution in [0.25, 0.3) is 33.8 Å². The summed E-state index contributed by atoms with van der Waals surface area (Å²) in [5.41, 5.74) is 7.64.